The molecule has 0 heterocycles. The van der Waals surface area contributed by atoms with Crippen molar-refractivity contribution in [2.75, 3.05) is 0 Å². The summed E-state index contributed by atoms with van der Waals surface area (Å²) >= 11 is 0. The van der Waals surface area contributed by atoms with E-state index in [4.69, 9.17) is 0 Å². The first kappa shape index (κ1) is 22.7. The van der Waals surface area contributed by atoms with Gasteiger partial charge in [-0.15, -0.1) is 0 Å². The molecule has 3 aliphatic carbocycles. The molecule has 0 aliphatic heterocycles. The molecule has 6 atom stereocenters. The zero-order chi connectivity index (χ0) is 19.6. The summed E-state index contributed by atoms with van der Waals surface area (Å²) in [6.45, 7) is 4.81. The fourth-order valence-corrected chi connectivity index (χ4v) is 7.45. The number of hydrogen-bond donors (Lipinski definition) is 0. The van der Waals surface area contributed by atoms with Crippen LogP contribution in [0.5, 0.6) is 0 Å². The Kier molecular flexibility index (Phi) is 10.2. The second-order valence-corrected chi connectivity index (χ2v) is 11.2. The van der Waals surface area contributed by atoms with Crippen LogP contribution in [0.15, 0.2) is 0 Å². The first-order valence-electron chi connectivity index (χ1n) is 13.8. The third-order valence-corrected chi connectivity index (χ3v) is 9.29. The highest BCUT2D eigenvalue weighted by atomic mass is 14.4. The van der Waals surface area contributed by atoms with Gasteiger partial charge in [0.15, 0.2) is 0 Å². The van der Waals surface area contributed by atoms with Crippen molar-refractivity contribution in [1.29, 1.82) is 0 Å². The Balaban J connectivity index is 1.63. The lowest BCUT2D eigenvalue weighted by molar-refractivity contribution is 0.0966. The molecule has 3 aliphatic rings. The summed E-state index contributed by atoms with van der Waals surface area (Å²) in [5, 5.41) is 0. The second kappa shape index (κ2) is 12.6. The van der Waals surface area contributed by atoms with Gasteiger partial charge in [0.25, 0.3) is 0 Å². The van der Waals surface area contributed by atoms with E-state index in [0.717, 1.165) is 35.5 Å². The molecule has 0 aromatic rings. The minimum atomic E-state index is 1.06. The summed E-state index contributed by atoms with van der Waals surface area (Å²) in [6.07, 6.45) is 30.7. The van der Waals surface area contributed by atoms with Crippen molar-refractivity contribution in [3.05, 3.63) is 0 Å². The quantitative estimate of drug-likeness (QED) is 0.397. The summed E-state index contributed by atoms with van der Waals surface area (Å²) in [4.78, 5) is 0. The maximum Gasteiger partial charge on any atom is -0.0380 e. The summed E-state index contributed by atoms with van der Waals surface area (Å²) < 4.78 is 0. The molecular formula is C28H52. The number of unbranched alkanes of at least 4 members (excludes halogenated alkanes) is 2. The van der Waals surface area contributed by atoms with Crippen LogP contribution in [0.3, 0.4) is 0 Å². The SMILES string of the molecule is CCCCCC1CCC2CCCCCCCC(C3CCCC(CC)C3)CC2C1. The molecular weight excluding hydrogens is 336 g/mol. The highest BCUT2D eigenvalue weighted by Gasteiger charge is 2.35. The lowest BCUT2D eigenvalue weighted by Crippen LogP contribution is -2.30. The first-order chi connectivity index (χ1) is 13.8. The molecule has 0 radical (unpaired) electrons. The summed E-state index contributed by atoms with van der Waals surface area (Å²) in [7, 11) is 0. The zero-order valence-corrected chi connectivity index (χ0v) is 19.6. The van der Waals surface area contributed by atoms with Crippen molar-refractivity contribution in [1.82, 2.24) is 0 Å². The molecule has 0 amide bonds. The Labute approximate surface area is 178 Å². The van der Waals surface area contributed by atoms with Crippen LogP contribution >= 0.6 is 0 Å². The lowest BCUT2D eigenvalue weighted by atomic mass is 9.64. The molecule has 0 spiro atoms. The maximum atomic E-state index is 2.45. The van der Waals surface area contributed by atoms with Gasteiger partial charge in [-0.3, -0.25) is 0 Å². The summed E-state index contributed by atoms with van der Waals surface area (Å²) in [5.41, 5.74) is 0. The summed E-state index contributed by atoms with van der Waals surface area (Å²) in [5.74, 6) is 6.48. The number of hydrogen-bond acceptors (Lipinski definition) is 0. The molecule has 3 saturated carbocycles. The van der Waals surface area contributed by atoms with Crippen LogP contribution < -0.4 is 0 Å². The van der Waals surface area contributed by atoms with Gasteiger partial charge in [0.2, 0.25) is 0 Å². The highest BCUT2D eigenvalue weighted by Crippen LogP contribution is 2.46. The molecule has 0 N–H and O–H groups in total. The van der Waals surface area contributed by atoms with Gasteiger partial charge in [0, 0.05) is 0 Å². The Morgan fingerprint density at radius 2 is 1.18 bits per heavy atom. The van der Waals surface area contributed by atoms with E-state index in [0.29, 0.717) is 0 Å². The minimum Gasteiger partial charge on any atom is -0.0654 e. The molecule has 0 aromatic heterocycles. The standard InChI is InChI=1S/C28H52/c1-3-5-9-13-24-18-19-25-15-10-7-6-8-11-16-27(22-28(25)21-24)26-17-12-14-23(4-2)20-26/h23-28H,3-22H2,1-2H3. The van der Waals surface area contributed by atoms with Crippen molar-refractivity contribution in [2.24, 2.45) is 35.5 Å². The Morgan fingerprint density at radius 1 is 0.500 bits per heavy atom. The van der Waals surface area contributed by atoms with E-state index in [9.17, 15) is 0 Å². The molecule has 0 saturated heterocycles. The van der Waals surface area contributed by atoms with E-state index in [1.54, 1.807) is 57.8 Å². The van der Waals surface area contributed by atoms with Crippen LogP contribution in [0, 0.1) is 35.5 Å². The van der Waals surface area contributed by atoms with Crippen molar-refractivity contribution in [3.63, 3.8) is 0 Å². The molecule has 3 fully saturated rings. The first-order valence-corrected chi connectivity index (χ1v) is 13.8. The topological polar surface area (TPSA) is 0 Å². The maximum absolute atomic E-state index is 2.45. The molecule has 3 rings (SSSR count). The second-order valence-electron chi connectivity index (χ2n) is 11.2. The molecule has 0 bridgehead atoms. The van der Waals surface area contributed by atoms with E-state index < -0.39 is 0 Å². The van der Waals surface area contributed by atoms with Gasteiger partial charge in [-0.2, -0.15) is 0 Å². The van der Waals surface area contributed by atoms with Crippen LogP contribution in [-0.4, -0.2) is 0 Å². The number of rotatable bonds is 6. The van der Waals surface area contributed by atoms with E-state index >= 15 is 0 Å². The van der Waals surface area contributed by atoms with Crippen molar-refractivity contribution in [3.8, 4) is 0 Å². The molecule has 28 heavy (non-hydrogen) atoms. The van der Waals surface area contributed by atoms with Crippen LogP contribution in [0.1, 0.15) is 142 Å². The van der Waals surface area contributed by atoms with Gasteiger partial charge in [-0.25, -0.2) is 0 Å². The fourth-order valence-electron chi connectivity index (χ4n) is 7.45. The summed E-state index contributed by atoms with van der Waals surface area (Å²) in [6, 6.07) is 0. The average Bonchev–Trinajstić information content (AvgIpc) is 2.77. The van der Waals surface area contributed by atoms with Crippen LogP contribution in [0.2, 0.25) is 0 Å². The van der Waals surface area contributed by atoms with Crippen molar-refractivity contribution in [2.45, 2.75) is 142 Å². The van der Waals surface area contributed by atoms with Gasteiger partial charge in [-0.05, 0) is 61.2 Å². The van der Waals surface area contributed by atoms with Gasteiger partial charge in [-0.1, -0.05) is 117 Å². The van der Waals surface area contributed by atoms with E-state index in [2.05, 4.69) is 13.8 Å². The monoisotopic (exact) mass is 388 g/mol. The molecule has 164 valence electrons. The normalized spacial score (nSPS) is 38.4. The van der Waals surface area contributed by atoms with E-state index in [-0.39, 0.29) is 0 Å². The van der Waals surface area contributed by atoms with Gasteiger partial charge in [0.1, 0.15) is 0 Å². The van der Waals surface area contributed by atoms with Crippen LogP contribution in [0.4, 0.5) is 0 Å². The van der Waals surface area contributed by atoms with Crippen LogP contribution in [-0.2, 0) is 0 Å². The molecule has 6 unspecified atom stereocenters. The molecule has 0 aromatic carbocycles. The predicted octanol–water partition coefficient (Wildman–Crippen LogP) is 9.57. The van der Waals surface area contributed by atoms with E-state index in [1.165, 1.54) is 70.6 Å². The fraction of sp³-hybridized carbons (Fsp3) is 1.00. The average molecular weight is 389 g/mol. The predicted molar refractivity (Wildman–Crippen MR) is 125 cm³/mol. The van der Waals surface area contributed by atoms with Gasteiger partial charge >= 0.3 is 0 Å². The van der Waals surface area contributed by atoms with E-state index in [1.807, 2.05) is 0 Å². The largest absolute Gasteiger partial charge is 0.0654 e. The third kappa shape index (κ3) is 7.05. The van der Waals surface area contributed by atoms with Crippen molar-refractivity contribution >= 4 is 0 Å². The van der Waals surface area contributed by atoms with Crippen LogP contribution in [0.25, 0.3) is 0 Å². The zero-order valence-electron chi connectivity index (χ0n) is 19.6. The molecule has 0 heteroatoms. The lowest BCUT2D eigenvalue weighted by Gasteiger charge is -2.41. The minimum absolute atomic E-state index is 1.06. The molecule has 0 nitrogen and oxygen atoms in total. The highest BCUT2D eigenvalue weighted by molar-refractivity contribution is 4.86. The number of fused-ring (bicyclic) bond motifs is 1. The smallest absolute Gasteiger partial charge is 0.0380 e. The Hall–Kier alpha value is 0. The Morgan fingerprint density at radius 3 is 1.96 bits per heavy atom. The third-order valence-electron chi connectivity index (χ3n) is 9.29. The van der Waals surface area contributed by atoms with Gasteiger partial charge < -0.3 is 0 Å². The van der Waals surface area contributed by atoms with Crippen molar-refractivity contribution < 1.29 is 0 Å². The Bertz CT molecular complexity index is 399. The van der Waals surface area contributed by atoms with Gasteiger partial charge in [0.05, 0.1) is 0 Å².